The fourth-order valence-corrected chi connectivity index (χ4v) is 3.77. The predicted octanol–water partition coefficient (Wildman–Crippen LogP) is 3.52. The summed E-state index contributed by atoms with van der Waals surface area (Å²) in [4.78, 5) is 37.9. The van der Waals surface area contributed by atoms with Gasteiger partial charge >= 0.3 is 0 Å². The fraction of sp³-hybridized carbons (Fsp3) is 0.417. The molecule has 0 radical (unpaired) electrons. The van der Waals surface area contributed by atoms with Gasteiger partial charge in [-0.1, -0.05) is 0 Å². The first kappa shape index (κ1) is 27.0. The topological polar surface area (TPSA) is 111 Å². The Balaban J connectivity index is 1.82. The second-order valence-corrected chi connectivity index (χ2v) is 8.63. The molecule has 2 N–H and O–H groups in total. The van der Waals surface area contributed by atoms with Gasteiger partial charge in [-0.05, 0) is 43.2 Å². The first-order valence-electron chi connectivity index (χ1n) is 11.0. The quantitative estimate of drug-likeness (QED) is 0.212. The first-order valence-corrected chi connectivity index (χ1v) is 12.1. The molecule has 2 amide bonds. The molecule has 0 aliphatic carbocycles. The van der Waals surface area contributed by atoms with Gasteiger partial charge in [-0.2, -0.15) is 11.8 Å². The summed E-state index contributed by atoms with van der Waals surface area (Å²) in [7, 11) is 3.33. The van der Waals surface area contributed by atoms with Gasteiger partial charge in [0, 0.05) is 44.2 Å². The van der Waals surface area contributed by atoms with Crippen LogP contribution in [0.15, 0.2) is 29.4 Å². The molecule has 0 unspecified atom stereocenters. The highest BCUT2D eigenvalue weighted by Crippen LogP contribution is 2.34. The van der Waals surface area contributed by atoms with E-state index in [4.69, 9.17) is 9.47 Å². The standard InChI is InChI=1S/C24H32N4O5S/c1-18-12-22(32-3)23(14-21(18)26-8-11-34-10-5-7-25-17-30)33-9-4-6-24(31)27-19-13-20(16-29)28(2)15-19/h8,12-17H,4-7,9-11H2,1-3H3,(H,25,30)(H,27,31). The van der Waals surface area contributed by atoms with Crippen molar-refractivity contribution in [2.24, 2.45) is 12.0 Å². The Morgan fingerprint density at radius 3 is 2.74 bits per heavy atom. The lowest BCUT2D eigenvalue weighted by Gasteiger charge is -2.13. The zero-order chi connectivity index (χ0) is 24.8. The van der Waals surface area contributed by atoms with Crippen LogP contribution in [0.4, 0.5) is 11.4 Å². The highest BCUT2D eigenvalue weighted by Gasteiger charge is 2.10. The second kappa shape index (κ2) is 14.8. The molecule has 0 saturated heterocycles. The molecule has 0 aliphatic rings. The van der Waals surface area contributed by atoms with Crippen LogP contribution in [0, 0.1) is 6.92 Å². The van der Waals surface area contributed by atoms with E-state index >= 15 is 0 Å². The number of aryl methyl sites for hydroxylation is 2. The summed E-state index contributed by atoms with van der Waals surface area (Å²) in [6.07, 6.45) is 6.73. The predicted molar refractivity (Wildman–Crippen MR) is 136 cm³/mol. The Hall–Kier alpha value is -3.27. The van der Waals surface area contributed by atoms with Gasteiger partial charge in [-0.3, -0.25) is 19.4 Å². The molecular weight excluding hydrogens is 456 g/mol. The number of methoxy groups -OCH3 is 1. The third-order valence-corrected chi connectivity index (χ3v) is 5.81. The Morgan fingerprint density at radius 1 is 1.21 bits per heavy atom. The lowest BCUT2D eigenvalue weighted by molar-refractivity contribution is -0.116. The summed E-state index contributed by atoms with van der Waals surface area (Å²) in [6, 6.07) is 5.35. The van der Waals surface area contributed by atoms with Crippen molar-refractivity contribution in [1.29, 1.82) is 0 Å². The number of hydrogen-bond acceptors (Lipinski definition) is 7. The van der Waals surface area contributed by atoms with Crippen molar-refractivity contribution in [2.45, 2.75) is 26.2 Å². The van der Waals surface area contributed by atoms with E-state index in [1.807, 2.05) is 25.3 Å². The van der Waals surface area contributed by atoms with Crippen LogP contribution in [0.2, 0.25) is 0 Å². The minimum Gasteiger partial charge on any atom is -0.493 e. The molecule has 10 heteroatoms. The van der Waals surface area contributed by atoms with Crippen LogP contribution in [-0.4, -0.2) is 61.2 Å². The van der Waals surface area contributed by atoms with Crippen LogP contribution in [0.3, 0.4) is 0 Å². The number of nitrogens with zero attached hydrogens (tertiary/aromatic N) is 2. The van der Waals surface area contributed by atoms with E-state index in [2.05, 4.69) is 15.6 Å². The van der Waals surface area contributed by atoms with Gasteiger partial charge in [-0.25, -0.2) is 0 Å². The van der Waals surface area contributed by atoms with Crippen LogP contribution >= 0.6 is 11.8 Å². The molecule has 184 valence electrons. The van der Waals surface area contributed by atoms with Crippen molar-refractivity contribution in [3.8, 4) is 11.5 Å². The van der Waals surface area contributed by atoms with Crippen molar-refractivity contribution in [3.05, 3.63) is 35.7 Å². The van der Waals surface area contributed by atoms with E-state index in [0.29, 0.717) is 48.9 Å². The van der Waals surface area contributed by atoms with Crippen LogP contribution in [0.1, 0.15) is 35.3 Å². The Labute approximate surface area is 204 Å². The van der Waals surface area contributed by atoms with Gasteiger partial charge in [0.05, 0.1) is 30.8 Å². The number of carbonyl (C=O) groups is 3. The third kappa shape index (κ3) is 8.93. The number of aromatic nitrogens is 1. The zero-order valence-electron chi connectivity index (χ0n) is 19.8. The molecule has 0 saturated carbocycles. The van der Waals surface area contributed by atoms with Crippen molar-refractivity contribution < 1.29 is 23.9 Å². The number of aldehydes is 1. The number of ether oxygens (including phenoxy) is 2. The van der Waals surface area contributed by atoms with E-state index in [1.54, 1.807) is 42.7 Å². The number of hydrogen-bond donors (Lipinski definition) is 2. The number of anilines is 1. The smallest absolute Gasteiger partial charge is 0.224 e. The lowest BCUT2D eigenvalue weighted by Crippen LogP contribution is -2.12. The number of rotatable bonds is 16. The minimum absolute atomic E-state index is 0.146. The molecule has 1 aromatic heterocycles. The number of amides is 2. The molecule has 0 fully saturated rings. The molecule has 0 spiro atoms. The van der Waals surface area contributed by atoms with Gasteiger partial charge in [0.25, 0.3) is 0 Å². The zero-order valence-corrected chi connectivity index (χ0v) is 20.7. The summed E-state index contributed by atoms with van der Waals surface area (Å²) in [5.41, 5.74) is 2.85. The monoisotopic (exact) mass is 488 g/mol. The largest absolute Gasteiger partial charge is 0.493 e. The molecule has 1 aromatic carbocycles. The van der Waals surface area contributed by atoms with Gasteiger partial charge in [0.15, 0.2) is 17.8 Å². The van der Waals surface area contributed by atoms with Crippen molar-refractivity contribution in [2.75, 3.05) is 37.1 Å². The highest BCUT2D eigenvalue weighted by molar-refractivity contribution is 7.99. The average molecular weight is 489 g/mol. The molecule has 0 bridgehead atoms. The van der Waals surface area contributed by atoms with E-state index in [0.717, 1.165) is 35.5 Å². The van der Waals surface area contributed by atoms with Crippen molar-refractivity contribution in [1.82, 2.24) is 9.88 Å². The molecular formula is C24H32N4O5S. The molecule has 34 heavy (non-hydrogen) atoms. The van der Waals surface area contributed by atoms with Crippen molar-refractivity contribution in [3.63, 3.8) is 0 Å². The maximum Gasteiger partial charge on any atom is 0.224 e. The molecule has 0 atom stereocenters. The van der Waals surface area contributed by atoms with E-state index in [9.17, 15) is 14.4 Å². The number of aliphatic imine (C=N–C) groups is 1. The molecule has 0 aliphatic heterocycles. The van der Waals surface area contributed by atoms with Gasteiger partial charge in [0.1, 0.15) is 0 Å². The van der Waals surface area contributed by atoms with E-state index < -0.39 is 0 Å². The molecule has 1 heterocycles. The van der Waals surface area contributed by atoms with Crippen molar-refractivity contribution >= 4 is 48.0 Å². The van der Waals surface area contributed by atoms with E-state index in [-0.39, 0.29) is 12.3 Å². The van der Waals surface area contributed by atoms with Gasteiger partial charge < -0.3 is 24.7 Å². The Kier molecular flexibility index (Phi) is 11.7. The third-order valence-electron chi connectivity index (χ3n) is 4.85. The maximum absolute atomic E-state index is 12.2. The molecule has 9 nitrogen and oxygen atoms in total. The van der Waals surface area contributed by atoms with Crippen LogP contribution in [0.25, 0.3) is 0 Å². The van der Waals surface area contributed by atoms with Crippen LogP contribution in [-0.2, 0) is 16.6 Å². The average Bonchev–Trinajstić information content (AvgIpc) is 3.18. The van der Waals surface area contributed by atoms with E-state index in [1.165, 1.54) is 0 Å². The number of carbonyl (C=O) groups excluding carboxylic acids is 3. The summed E-state index contributed by atoms with van der Waals surface area (Å²) < 4.78 is 13.0. The first-order chi connectivity index (χ1) is 16.5. The lowest BCUT2D eigenvalue weighted by atomic mass is 10.2. The van der Waals surface area contributed by atoms with Crippen LogP contribution < -0.4 is 20.1 Å². The van der Waals surface area contributed by atoms with Gasteiger partial charge in [-0.15, -0.1) is 0 Å². The fourth-order valence-electron chi connectivity index (χ4n) is 3.07. The van der Waals surface area contributed by atoms with Gasteiger partial charge in [0.2, 0.25) is 12.3 Å². The highest BCUT2D eigenvalue weighted by atomic mass is 32.2. The summed E-state index contributed by atoms with van der Waals surface area (Å²) in [5.74, 6) is 2.76. The SMILES string of the molecule is COc1cc(C)c(N=CCSCCCNC=O)cc1OCCCC(=O)Nc1cc(C=O)n(C)c1. The number of thioether (sulfide) groups is 1. The Bertz CT molecular complexity index is 990. The van der Waals surface area contributed by atoms with Crippen LogP contribution in [0.5, 0.6) is 11.5 Å². The number of benzene rings is 1. The summed E-state index contributed by atoms with van der Waals surface area (Å²) >= 11 is 1.75. The minimum atomic E-state index is -0.146. The summed E-state index contributed by atoms with van der Waals surface area (Å²) in [6.45, 7) is 2.98. The maximum atomic E-state index is 12.2. The second-order valence-electron chi connectivity index (χ2n) is 7.48. The molecule has 2 aromatic rings. The number of nitrogens with one attached hydrogen (secondary N) is 2. The normalized spacial score (nSPS) is 10.8. The molecule has 2 rings (SSSR count). The Morgan fingerprint density at radius 2 is 2.03 bits per heavy atom. The summed E-state index contributed by atoms with van der Waals surface area (Å²) in [5, 5.41) is 5.43.